The van der Waals surface area contributed by atoms with Gasteiger partial charge in [0.05, 0.1) is 17.3 Å². The molecule has 3 fully saturated rings. The first-order valence-corrected chi connectivity index (χ1v) is 15.2. The normalized spacial score (nSPS) is 21.8. The molecule has 0 bridgehead atoms. The predicted molar refractivity (Wildman–Crippen MR) is 139 cm³/mol. The number of nitrogens with one attached hydrogen (secondary N) is 1. The molecular weight excluding hydrogens is 504 g/mol. The number of carbonyl (C=O) groups is 2. The number of piperidine rings is 1. The molecule has 200 valence electrons. The van der Waals surface area contributed by atoms with Gasteiger partial charge < -0.3 is 19.9 Å². The Bertz CT molecular complexity index is 1020. The summed E-state index contributed by atoms with van der Waals surface area (Å²) in [5.41, 5.74) is 0. The van der Waals surface area contributed by atoms with Crippen molar-refractivity contribution in [2.45, 2.75) is 57.0 Å². The number of hydrogen-bond acceptors (Lipinski definition) is 6. The monoisotopic (exact) mass is 540 g/mol. The van der Waals surface area contributed by atoms with E-state index in [-0.39, 0.29) is 17.9 Å². The van der Waals surface area contributed by atoms with Crippen LogP contribution in [0.25, 0.3) is 0 Å². The Balaban J connectivity index is 1.37. The average molecular weight is 541 g/mol. The number of sulfonamides is 1. The van der Waals surface area contributed by atoms with Gasteiger partial charge in [-0.05, 0) is 43.7 Å². The van der Waals surface area contributed by atoms with E-state index in [1.54, 1.807) is 29.2 Å². The Kier molecular flexibility index (Phi) is 9.14. The minimum Gasteiger partial charge on any atom is -0.409 e. The lowest BCUT2D eigenvalue weighted by molar-refractivity contribution is -0.137. The number of nitrogens with zero attached hydrogens (tertiary/aromatic N) is 3. The van der Waals surface area contributed by atoms with Gasteiger partial charge in [0.15, 0.2) is 5.75 Å². The summed E-state index contributed by atoms with van der Waals surface area (Å²) in [5.74, 6) is 0.456. The third-order valence-corrected chi connectivity index (χ3v) is 9.22. The standard InChI is InChI=1S/C25H37ClN4O5S/c1-36(33,34)30-13-11-19(12-14-30)23(27-20-7-3-2-4-8-20)24(31)28-15-17-29(18-16-28)25(32)35-22-10-6-5-9-21(22)26/h5-6,9-10,19-20,23,27H,2-4,7-8,11-18H2,1H3/t23-/m1/s1. The van der Waals surface area contributed by atoms with Crippen molar-refractivity contribution in [3.8, 4) is 5.75 Å². The van der Waals surface area contributed by atoms with E-state index in [0.29, 0.717) is 68.9 Å². The van der Waals surface area contributed by atoms with Crippen LogP contribution in [0.3, 0.4) is 0 Å². The number of para-hydroxylation sites is 1. The van der Waals surface area contributed by atoms with Crippen LogP contribution in [0.2, 0.25) is 5.02 Å². The third-order valence-electron chi connectivity index (χ3n) is 7.61. The van der Waals surface area contributed by atoms with Crippen LogP contribution < -0.4 is 10.1 Å². The molecule has 1 aliphatic carbocycles. The molecule has 9 nitrogen and oxygen atoms in total. The maximum Gasteiger partial charge on any atom is 0.415 e. The van der Waals surface area contributed by atoms with Gasteiger partial charge in [-0.15, -0.1) is 0 Å². The van der Waals surface area contributed by atoms with E-state index in [1.807, 2.05) is 4.90 Å². The average Bonchev–Trinajstić information content (AvgIpc) is 2.88. The fourth-order valence-corrected chi connectivity index (χ4v) is 6.51. The lowest BCUT2D eigenvalue weighted by Gasteiger charge is -2.41. The van der Waals surface area contributed by atoms with Gasteiger partial charge in [0.25, 0.3) is 0 Å². The number of hydrogen-bond donors (Lipinski definition) is 1. The number of amides is 2. The number of rotatable bonds is 6. The highest BCUT2D eigenvalue weighted by Crippen LogP contribution is 2.27. The Morgan fingerprint density at radius 3 is 2.17 bits per heavy atom. The lowest BCUT2D eigenvalue weighted by atomic mass is 9.87. The molecule has 11 heteroatoms. The van der Waals surface area contributed by atoms with Crippen LogP contribution >= 0.6 is 11.6 Å². The molecule has 36 heavy (non-hydrogen) atoms. The van der Waals surface area contributed by atoms with Crippen molar-refractivity contribution in [1.29, 1.82) is 0 Å². The highest BCUT2D eigenvalue weighted by molar-refractivity contribution is 7.88. The van der Waals surface area contributed by atoms with Crippen LogP contribution in [-0.2, 0) is 14.8 Å². The molecule has 1 aromatic carbocycles. The Morgan fingerprint density at radius 2 is 1.56 bits per heavy atom. The summed E-state index contributed by atoms with van der Waals surface area (Å²) in [6.07, 6.45) is 7.78. The van der Waals surface area contributed by atoms with Crippen molar-refractivity contribution in [3.63, 3.8) is 0 Å². The second-order valence-corrected chi connectivity index (χ2v) is 12.5. The zero-order valence-corrected chi connectivity index (χ0v) is 22.5. The summed E-state index contributed by atoms with van der Waals surface area (Å²) in [6.45, 7) is 2.53. The van der Waals surface area contributed by atoms with Crippen molar-refractivity contribution in [3.05, 3.63) is 29.3 Å². The highest BCUT2D eigenvalue weighted by Gasteiger charge is 2.38. The van der Waals surface area contributed by atoms with Crippen molar-refractivity contribution in [2.75, 3.05) is 45.5 Å². The molecule has 2 amide bonds. The molecular formula is C25H37ClN4O5S. The quantitative estimate of drug-likeness (QED) is 0.595. The molecule has 1 saturated carbocycles. The molecule has 1 aromatic rings. The maximum absolute atomic E-state index is 13.7. The first-order chi connectivity index (χ1) is 17.2. The molecule has 3 aliphatic rings. The molecule has 2 saturated heterocycles. The van der Waals surface area contributed by atoms with Crippen LogP contribution in [0.4, 0.5) is 4.79 Å². The maximum atomic E-state index is 13.7. The van der Waals surface area contributed by atoms with Crippen LogP contribution in [0.15, 0.2) is 24.3 Å². The van der Waals surface area contributed by atoms with Gasteiger partial charge >= 0.3 is 6.09 Å². The molecule has 4 rings (SSSR count). The van der Waals surface area contributed by atoms with Crippen LogP contribution in [0, 0.1) is 5.92 Å². The number of piperazine rings is 1. The minimum atomic E-state index is -3.22. The van der Waals surface area contributed by atoms with Gasteiger partial charge in [-0.25, -0.2) is 17.5 Å². The molecule has 0 radical (unpaired) electrons. The van der Waals surface area contributed by atoms with E-state index in [9.17, 15) is 18.0 Å². The molecule has 1 N–H and O–H groups in total. The van der Waals surface area contributed by atoms with E-state index in [2.05, 4.69) is 5.32 Å². The summed E-state index contributed by atoms with van der Waals surface area (Å²) < 4.78 is 30.9. The number of ether oxygens (including phenoxy) is 1. The first-order valence-electron chi connectivity index (χ1n) is 12.9. The first kappa shape index (κ1) is 27.2. The van der Waals surface area contributed by atoms with Crippen molar-refractivity contribution >= 4 is 33.6 Å². The molecule has 0 aromatic heterocycles. The molecule has 1 atom stereocenters. The van der Waals surface area contributed by atoms with Gasteiger partial charge in [0.2, 0.25) is 15.9 Å². The topological polar surface area (TPSA) is 99.3 Å². The van der Waals surface area contributed by atoms with Gasteiger partial charge in [0, 0.05) is 45.3 Å². The lowest BCUT2D eigenvalue weighted by Crippen LogP contribution is -2.59. The summed E-state index contributed by atoms with van der Waals surface area (Å²) in [4.78, 5) is 29.8. The SMILES string of the molecule is CS(=O)(=O)N1CCC([C@@H](NC2CCCCC2)C(=O)N2CCN(C(=O)Oc3ccccc3Cl)CC2)CC1. The molecule has 0 spiro atoms. The summed E-state index contributed by atoms with van der Waals surface area (Å²) in [5, 5.41) is 4.04. The van der Waals surface area contributed by atoms with Crippen LogP contribution in [-0.4, -0.2) is 92.1 Å². The smallest absolute Gasteiger partial charge is 0.409 e. The molecule has 2 heterocycles. The third kappa shape index (κ3) is 6.90. The van der Waals surface area contributed by atoms with Crippen LogP contribution in [0.1, 0.15) is 44.9 Å². The van der Waals surface area contributed by atoms with Gasteiger partial charge in [-0.2, -0.15) is 0 Å². The molecule has 2 aliphatic heterocycles. The summed E-state index contributed by atoms with van der Waals surface area (Å²) in [7, 11) is -3.22. The number of benzene rings is 1. The second-order valence-electron chi connectivity index (χ2n) is 10.1. The van der Waals surface area contributed by atoms with E-state index < -0.39 is 16.1 Å². The Hall–Kier alpha value is -1.88. The zero-order valence-electron chi connectivity index (χ0n) is 20.9. The van der Waals surface area contributed by atoms with E-state index in [4.69, 9.17) is 16.3 Å². The summed E-state index contributed by atoms with van der Waals surface area (Å²) >= 11 is 6.10. The van der Waals surface area contributed by atoms with E-state index in [1.165, 1.54) is 17.0 Å². The van der Waals surface area contributed by atoms with E-state index >= 15 is 0 Å². The van der Waals surface area contributed by atoms with Crippen LogP contribution in [0.5, 0.6) is 5.75 Å². The highest BCUT2D eigenvalue weighted by atomic mass is 35.5. The minimum absolute atomic E-state index is 0.0532. The Morgan fingerprint density at radius 1 is 0.944 bits per heavy atom. The van der Waals surface area contributed by atoms with Crippen molar-refractivity contribution in [2.24, 2.45) is 5.92 Å². The van der Waals surface area contributed by atoms with Crippen molar-refractivity contribution in [1.82, 2.24) is 19.4 Å². The summed E-state index contributed by atoms with van der Waals surface area (Å²) in [6, 6.07) is 6.82. The van der Waals surface area contributed by atoms with Gasteiger partial charge in [-0.1, -0.05) is 43.0 Å². The number of halogens is 1. The Labute approximate surface area is 219 Å². The second kappa shape index (κ2) is 12.1. The number of carbonyl (C=O) groups excluding carboxylic acids is 2. The fraction of sp³-hybridized carbons (Fsp3) is 0.680. The molecule has 0 unspecified atom stereocenters. The van der Waals surface area contributed by atoms with E-state index in [0.717, 1.165) is 25.7 Å². The van der Waals surface area contributed by atoms with Crippen molar-refractivity contribution < 1.29 is 22.7 Å². The zero-order chi connectivity index (χ0) is 25.7. The largest absolute Gasteiger partial charge is 0.415 e. The predicted octanol–water partition coefficient (Wildman–Crippen LogP) is 2.95. The van der Waals surface area contributed by atoms with Gasteiger partial charge in [0.1, 0.15) is 0 Å². The fourth-order valence-electron chi connectivity index (χ4n) is 5.47. The van der Waals surface area contributed by atoms with Gasteiger partial charge in [-0.3, -0.25) is 4.79 Å².